The average Bonchev–Trinajstić information content (AvgIpc) is 3.42. The summed E-state index contributed by atoms with van der Waals surface area (Å²) in [5.41, 5.74) is 2.04. The van der Waals surface area contributed by atoms with Crippen molar-refractivity contribution in [1.82, 2.24) is 9.80 Å². The van der Waals surface area contributed by atoms with Gasteiger partial charge in [-0.2, -0.15) is 0 Å². The van der Waals surface area contributed by atoms with Gasteiger partial charge in [-0.15, -0.1) is 11.3 Å². The molecular formula is C23H25Cl2N3O2S. The predicted molar refractivity (Wildman–Crippen MR) is 128 cm³/mol. The van der Waals surface area contributed by atoms with Gasteiger partial charge in [0.2, 0.25) is 0 Å². The zero-order valence-corrected chi connectivity index (χ0v) is 19.9. The van der Waals surface area contributed by atoms with E-state index in [9.17, 15) is 4.79 Å². The third kappa shape index (κ3) is 4.99. The third-order valence-electron chi connectivity index (χ3n) is 5.59. The molecule has 1 aliphatic heterocycles. The summed E-state index contributed by atoms with van der Waals surface area (Å²) in [6, 6.07) is 11.1. The molecule has 1 aliphatic rings. The second-order valence-corrected chi connectivity index (χ2v) is 9.67. The summed E-state index contributed by atoms with van der Waals surface area (Å²) in [7, 11) is 2.14. The minimum Gasteiger partial charge on any atom is -0.459 e. The van der Waals surface area contributed by atoms with E-state index >= 15 is 0 Å². The van der Waals surface area contributed by atoms with Crippen LogP contribution in [0.15, 0.2) is 47.1 Å². The number of rotatable bonds is 6. The molecule has 31 heavy (non-hydrogen) atoms. The maximum Gasteiger partial charge on any atom is 0.291 e. The van der Waals surface area contributed by atoms with Crippen LogP contribution in [0.5, 0.6) is 0 Å². The number of hydrogen-bond donors (Lipinski definition) is 1. The molecule has 0 bridgehead atoms. The number of carbonyl (C=O) groups excluding carboxylic acids is 1. The van der Waals surface area contributed by atoms with Gasteiger partial charge in [-0.05, 0) is 49.4 Å². The van der Waals surface area contributed by atoms with E-state index < -0.39 is 0 Å². The van der Waals surface area contributed by atoms with E-state index in [4.69, 9.17) is 27.6 Å². The minimum atomic E-state index is -0.255. The molecule has 1 N–H and O–H groups in total. The second kappa shape index (κ2) is 9.76. The molecule has 3 aromatic rings. The SMILES string of the molecule is CCc1cc([C@H](c2ccc(Cl)cc2Cl)N2CCN(C)CC2)c(NC(=O)c2ccco2)s1. The van der Waals surface area contributed by atoms with Gasteiger partial charge in [-0.25, -0.2) is 0 Å². The zero-order chi connectivity index (χ0) is 22.0. The lowest BCUT2D eigenvalue weighted by molar-refractivity contribution is 0.0996. The molecule has 0 saturated carbocycles. The molecule has 0 spiro atoms. The van der Waals surface area contributed by atoms with Crippen molar-refractivity contribution in [3.05, 3.63) is 74.5 Å². The van der Waals surface area contributed by atoms with Crippen molar-refractivity contribution >= 4 is 45.4 Å². The Hall–Kier alpha value is -1.83. The van der Waals surface area contributed by atoms with Crippen LogP contribution in [0.1, 0.15) is 39.5 Å². The summed E-state index contributed by atoms with van der Waals surface area (Å²) >= 11 is 14.5. The van der Waals surface area contributed by atoms with Crippen molar-refractivity contribution in [3.63, 3.8) is 0 Å². The van der Waals surface area contributed by atoms with E-state index in [-0.39, 0.29) is 17.7 Å². The molecule has 2 aromatic heterocycles. The molecule has 1 saturated heterocycles. The molecule has 1 atom stereocenters. The first-order valence-corrected chi connectivity index (χ1v) is 11.9. The molecule has 164 valence electrons. The number of amides is 1. The van der Waals surface area contributed by atoms with Crippen LogP contribution in [0.25, 0.3) is 0 Å². The van der Waals surface area contributed by atoms with Crippen molar-refractivity contribution in [2.75, 3.05) is 38.5 Å². The van der Waals surface area contributed by atoms with Crippen molar-refractivity contribution < 1.29 is 9.21 Å². The number of nitrogens with one attached hydrogen (secondary N) is 1. The highest BCUT2D eigenvalue weighted by molar-refractivity contribution is 7.16. The first-order valence-electron chi connectivity index (χ1n) is 10.3. The van der Waals surface area contributed by atoms with Crippen molar-refractivity contribution in [2.24, 2.45) is 0 Å². The van der Waals surface area contributed by atoms with Crippen molar-refractivity contribution in [1.29, 1.82) is 0 Å². The lowest BCUT2D eigenvalue weighted by Gasteiger charge is -2.38. The normalized spacial score (nSPS) is 16.4. The van der Waals surface area contributed by atoms with Crippen LogP contribution >= 0.6 is 34.5 Å². The molecule has 1 fully saturated rings. The maximum atomic E-state index is 12.8. The summed E-state index contributed by atoms with van der Waals surface area (Å²) in [5, 5.41) is 5.14. The Morgan fingerprint density at radius 2 is 1.94 bits per heavy atom. The quantitative estimate of drug-likeness (QED) is 0.487. The van der Waals surface area contributed by atoms with Crippen LogP contribution in [-0.2, 0) is 6.42 Å². The summed E-state index contributed by atoms with van der Waals surface area (Å²) in [6.07, 6.45) is 2.39. The van der Waals surface area contributed by atoms with Crippen molar-refractivity contribution in [3.8, 4) is 0 Å². The lowest BCUT2D eigenvalue weighted by Crippen LogP contribution is -2.46. The molecule has 0 radical (unpaired) electrons. The number of hydrogen-bond acceptors (Lipinski definition) is 5. The molecule has 0 unspecified atom stereocenters. The molecule has 4 rings (SSSR count). The van der Waals surface area contributed by atoms with Gasteiger partial charge in [0, 0.05) is 46.7 Å². The van der Waals surface area contributed by atoms with Gasteiger partial charge in [0.25, 0.3) is 5.91 Å². The summed E-state index contributed by atoms with van der Waals surface area (Å²) in [6.45, 7) is 5.88. The second-order valence-electron chi connectivity index (χ2n) is 7.69. The van der Waals surface area contributed by atoms with Crippen LogP contribution < -0.4 is 5.32 Å². The fourth-order valence-electron chi connectivity index (χ4n) is 3.87. The van der Waals surface area contributed by atoms with Gasteiger partial charge in [-0.3, -0.25) is 9.69 Å². The number of aryl methyl sites for hydroxylation is 1. The van der Waals surface area contributed by atoms with E-state index in [2.05, 4.69) is 35.2 Å². The van der Waals surface area contributed by atoms with Crippen LogP contribution in [0.3, 0.4) is 0 Å². The van der Waals surface area contributed by atoms with Crippen LogP contribution in [0, 0.1) is 0 Å². The van der Waals surface area contributed by atoms with Crippen LogP contribution in [0.2, 0.25) is 10.0 Å². The van der Waals surface area contributed by atoms with Crippen molar-refractivity contribution in [2.45, 2.75) is 19.4 Å². The fourth-order valence-corrected chi connectivity index (χ4v) is 5.41. The predicted octanol–water partition coefficient (Wildman–Crippen LogP) is 5.80. The van der Waals surface area contributed by atoms with E-state index in [1.165, 1.54) is 11.1 Å². The number of carbonyl (C=O) groups is 1. The highest BCUT2D eigenvalue weighted by atomic mass is 35.5. The number of halogens is 2. The Balaban J connectivity index is 1.77. The third-order valence-corrected chi connectivity index (χ3v) is 7.36. The van der Waals surface area contributed by atoms with Crippen LogP contribution in [-0.4, -0.2) is 48.9 Å². The molecule has 3 heterocycles. The first-order chi connectivity index (χ1) is 15.0. The highest BCUT2D eigenvalue weighted by Crippen LogP contribution is 2.42. The first kappa shape index (κ1) is 22.4. The zero-order valence-electron chi connectivity index (χ0n) is 17.5. The Morgan fingerprint density at radius 1 is 1.16 bits per heavy atom. The summed E-state index contributed by atoms with van der Waals surface area (Å²) in [4.78, 5) is 18.7. The van der Waals surface area contributed by atoms with Gasteiger partial charge in [0.15, 0.2) is 5.76 Å². The number of benzene rings is 1. The number of thiophene rings is 1. The Bertz CT molecular complexity index is 1040. The Labute approximate surface area is 196 Å². The largest absolute Gasteiger partial charge is 0.459 e. The topological polar surface area (TPSA) is 48.7 Å². The Morgan fingerprint density at radius 3 is 2.58 bits per heavy atom. The van der Waals surface area contributed by atoms with E-state index in [1.807, 2.05) is 12.1 Å². The number of piperazine rings is 1. The molecule has 8 heteroatoms. The number of nitrogens with zero attached hydrogens (tertiary/aromatic N) is 2. The molecule has 1 aromatic carbocycles. The number of anilines is 1. The maximum absolute atomic E-state index is 12.8. The van der Waals surface area contributed by atoms with E-state index in [1.54, 1.807) is 29.5 Å². The molecular weight excluding hydrogens is 453 g/mol. The van der Waals surface area contributed by atoms with Gasteiger partial charge >= 0.3 is 0 Å². The number of furan rings is 1. The Kier molecular flexibility index (Phi) is 7.04. The van der Waals surface area contributed by atoms with E-state index in [0.29, 0.717) is 10.0 Å². The molecule has 5 nitrogen and oxygen atoms in total. The van der Waals surface area contributed by atoms with Crippen LogP contribution in [0.4, 0.5) is 5.00 Å². The van der Waals surface area contributed by atoms with Gasteiger partial charge in [-0.1, -0.05) is 36.2 Å². The smallest absolute Gasteiger partial charge is 0.291 e. The summed E-state index contributed by atoms with van der Waals surface area (Å²) < 4.78 is 5.29. The van der Waals surface area contributed by atoms with Gasteiger partial charge < -0.3 is 14.6 Å². The average molecular weight is 478 g/mol. The summed E-state index contributed by atoms with van der Waals surface area (Å²) in [5.74, 6) is 0.0353. The fraction of sp³-hybridized carbons (Fsp3) is 0.348. The van der Waals surface area contributed by atoms with E-state index in [0.717, 1.165) is 48.7 Å². The highest BCUT2D eigenvalue weighted by Gasteiger charge is 2.31. The van der Waals surface area contributed by atoms with Gasteiger partial charge in [0.1, 0.15) is 5.00 Å². The van der Waals surface area contributed by atoms with Gasteiger partial charge in [0.05, 0.1) is 12.3 Å². The number of likely N-dealkylation sites (N-methyl/N-ethyl adjacent to an activating group) is 1. The lowest BCUT2D eigenvalue weighted by atomic mass is 9.97. The molecule has 0 aliphatic carbocycles. The minimum absolute atomic E-state index is 0.0816. The monoisotopic (exact) mass is 477 g/mol. The molecule has 1 amide bonds. The standard InChI is InChI=1S/C23H25Cl2N3O2S/c1-3-16-14-18(23(31-16)26-22(29)20-5-4-12-30-20)21(28-10-8-27(2)9-11-28)17-7-6-15(24)13-19(17)25/h4-7,12-14,21H,3,8-11H2,1-2H3,(H,26,29)/t21-/m0/s1.